The van der Waals surface area contributed by atoms with Crippen LogP contribution in [-0.2, 0) is 26.2 Å². The molecule has 0 saturated heterocycles. The zero-order valence-electron chi connectivity index (χ0n) is 20.5. The number of methoxy groups -OCH3 is 1. The van der Waals surface area contributed by atoms with Crippen molar-refractivity contribution in [2.24, 2.45) is 0 Å². The fourth-order valence-corrected chi connectivity index (χ4v) is 4.41. The maximum absolute atomic E-state index is 13.5. The number of benzene rings is 2. The van der Waals surface area contributed by atoms with Gasteiger partial charge in [0.05, 0.1) is 19.1 Å². The zero-order valence-corrected chi connectivity index (χ0v) is 21.3. The fraction of sp³-hybridized carbons (Fsp3) is 0.417. The average molecular weight is 506 g/mol. The van der Waals surface area contributed by atoms with E-state index in [-0.39, 0.29) is 31.0 Å². The summed E-state index contributed by atoms with van der Waals surface area (Å²) in [7, 11) is -2.28. The van der Waals surface area contributed by atoms with Crippen molar-refractivity contribution >= 4 is 27.5 Å². The van der Waals surface area contributed by atoms with Gasteiger partial charge in [0.2, 0.25) is 28.6 Å². The van der Waals surface area contributed by atoms with Crippen molar-refractivity contribution in [1.82, 2.24) is 10.2 Å². The molecular weight excluding hydrogens is 474 g/mol. The molecule has 1 atom stereocenters. The van der Waals surface area contributed by atoms with Gasteiger partial charge in [-0.25, -0.2) is 8.42 Å². The van der Waals surface area contributed by atoms with Crippen molar-refractivity contribution in [2.45, 2.75) is 39.4 Å². The number of carbonyl (C=O) groups is 2. The Bertz CT molecular complexity index is 1170. The van der Waals surface area contributed by atoms with Crippen molar-refractivity contribution in [3.63, 3.8) is 0 Å². The number of fused-ring (bicyclic) bond motifs is 1. The second-order valence-corrected chi connectivity index (χ2v) is 10.4. The number of carbonyl (C=O) groups excluding carboxylic acids is 2. The van der Waals surface area contributed by atoms with Gasteiger partial charge in [0, 0.05) is 18.7 Å². The molecule has 35 heavy (non-hydrogen) atoms. The molecule has 2 aromatic rings. The first-order chi connectivity index (χ1) is 16.5. The highest BCUT2D eigenvalue weighted by molar-refractivity contribution is 7.92. The second kappa shape index (κ2) is 10.9. The van der Waals surface area contributed by atoms with Gasteiger partial charge in [-0.05, 0) is 50.6 Å². The van der Waals surface area contributed by atoms with Crippen molar-refractivity contribution in [3.8, 4) is 17.2 Å². The summed E-state index contributed by atoms with van der Waals surface area (Å²) in [6.45, 7) is 4.91. The third-order valence-corrected chi connectivity index (χ3v) is 6.57. The first kappa shape index (κ1) is 26.1. The van der Waals surface area contributed by atoms with Gasteiger partial charge in [-0.1, -0.05) is 12.1 Å². The second-order valence-electron chi connectivity index (χ2n) is 8.52. The number of hydrogen-bond acceptors (Lipinski definition) is 7. The fourth-order valence-electron chi connectivity index (χ4n) is 3.57. The molecule has 11 heteroatoms. The molecule has 0 saturated carbocycles. The van der Waals surface area contributed by atoms with Crippen molar-refractivity contribution in [1.29, 1.82) is 0 Å². The van der Waals surface area contributed by atoms with Crippen LogP contribution < -0.4 is 23.8 Å². The molecule has 1 heterocycles. The van der Waals surface area contributed by atoms with Crippen molar-refractivity contribution in [3.05, 3.63) is 48.0 Å². The number of nitrogens with one attached hydrogen (secondary N) is 1. The number of ether oxygens (including phenoxy) is 3. The van der Waals surface area contributed by atoms with E-state index in [1.54, 1.807) is 50.4 Å². The minimum atomic E-state index is -3.84. The smallest absolute Gasteiger partial charge is 0.244 e. The van der Waals surface area contributed by atoms with Crippen LogP contribution in [0.25, 0.3) is 0 Å². The number of hydrogen-bond donors (Lipinski definition) is 1. The summed E-state index contributed by atoms with van der Waals surface area (Å²) in [4.78, 5) is 27.7. The van der Waals surface area contributed by atoms with Crippen LogP contribution in [0, 0.1) is 0 Å². The third kappa shape index (κ3) is 6.56. The Labute approximate surface area is 205 Å². The minimum Gasteiger partial charge on any atom is -0.497 e. The van der Waals surface area contributed by atoms with Crippen molar-refractivity contribution < 1.29 is 32.2 Å². The first-order valence-electron chi connectivity index (χ1n) is 11.1. The SMILES string of the molecule is COc1ccc(CN(C(=O)CN(c2ccc3c(c2)OCO3)S(C)(=O)=O)C(C)C(=O)NC(C)C)cc1. The highest BCUT2D eigenvalue weighted by Gasteiger charge is 2.31. The van der Waals surface area contributed by atoms with Gasteiger partial charge < -0.3 is 24.4 Å². The van der Waals surface area contributed by atoms with E-state index in [9.17, 15) is 18.0 Å². The van der Waals surface area contributed by atoms with Gasteiger partial charge in [-0.15, -0.1) is 0 Å². The molecule has 1 aliphatic heterocycles. The van der Waals surface area contributed by atoms with E-state index in [0.29, 0.717) is 17.2 Å². The predicted octanol–water partition coefficient (Wildman–Crippen LogP) is 2.13. The molecule has 2 amide bonds. The van der Waals surface area contributed by atoms with Crippen LogP contribution in [0.2, 0.25) is 0 Å². The molecule has 1 N–H and O–H groups in total. The molecule has 190 valence electrons. The number of amides is 2. The van der Waals surface area contributed by atoms with Gasteiger partial charge >= 0.3 is 0 Å². The van der Waals surface area contributed by atoms with Crippen LogP contribution in [0.15, 0.2) is 42.5 Å². The summed E-state index contributed by atoms with van der Waals surface area (Å²) in [5.41, 5.74) is 1.02. The number of anilines is 1. The van der Waals surface area contributed by atoms with E-state index < -0.39 is 28.5 Å². The van der Waals surface area contributed by atoms with Gasteiger partial charge in [0.25, 0.3) is 0 Å². The molecule has 1 aliphatic rings. The summed E-state index contributed by atoms with van der Waals surface area (Å²) in [6.07, 6.45) is 1.02. The molecule has 0 aromatic heterocycles. The number of rotatable bonds is 10. The van der Waals surface area contributed by atoms with Gasteiger partial charge in [0.15, 0.2) is 11.5 Å². The van der Waals surface area contributed by atoms with Crippen LogP contribution in [0.4, 0.5) is 5.69 Å². The Hall–Kier alpha value is -3.47. The zero-order chi connectivity index (χ0) is 25.8. The van der Waals surface area contributed by atoms with E-state index in [1.165, 1.54) is 11.0 Å². The number of sulfonamides is 1. The van der Waals surface area contributed by atoms with Crippen molar-refractivity contribution in [2.75, 3.05) is 31.0 Å². The monoisotopic (exact) mass is 505 g/mol. The summed E-state index contributed by atoms with van der Waals surface area (Å²) in [5.74, 6) is 0.673. The summed E-state index contributed by atoms with van der Waals surface area (Å²) >= 11 is 0. The minimum absolute atomic E-state index is 0.0364. The van der Waals surface area contributed by atoms with Crippen LogP contribution in [-0.4, -0.2) is 63.9 Å². The van der Waals surface area contributed by atoms with Gasteiger partial charge in [-0.2, -0.15) is 0 Å². The van der Waals surface area contributed by atoms with E-state index in [0.717, 1.165) is 16.1 Å². The van der Waals surface area contributed by atoms with E-state index in [1.807, 2.05) is 13.8 Å². The van der Waals surface area contributed by atoms with Crippen LogP contribution >= 0.6 is 0 Å². The summed E-state index contributed by atoms with van der Waals surface area (Å²) in [5, 5.41) is 2.81. The maximum Gasteiger partial charge on any atom is 0.244 e. The lowest BCUT2D eigenvalue weighted by molar-refractivity contribution is -0.139. The third-order valence-electron chi connectivity index (χ3n) is 5.43. The lowest BCUT2D eigenvalue weighted by atomic mass is 10.1. The highest BCUT2D eigenvalue weighted by Crippen LogP contribution is 2.36. The van der Waals surface area contributed by atoms with Gasteiger partial charge in [-0.3, -0.25) is 13.9 Å². The Balaban J connectivity index is 1.90. The Kier molecular flexibility index (Phi) is 8.11. The topological polar surface area (TPSA) is 114 Å². The lowest BCUT2D eigenvalue weighted by Crippen LogP contribution is -2.52. The van der Waals surface area contributed by atoms with Crippen LogP contribution in [0.1, 0.15) is 26.3 Å². The molecule has 0 radical (unpaired) electrons. The van der Waals surface area contributed by atoms with Crippen LogP contribution in [0.3, 0.4) is 0 Å². The van der Waals surface area contributed by atoms with E-state index >= 15 is 0 Å². The molecule has 0 aliphatic carbocycles. The molecule has 2 aromatic carbocycles. The lowest BCUT2D eigenvalue weighted by Gasteiger charge is -2.32. The van der Waals surface area contributed by atoms with Gasteiger partial charge in [0.1, 0.15) is 18.3 Å². The number of nitrogens with zero attached hydrogens (tertiary/aromatic N) is 2. The Morgan fingerprint density at radius 3 is 2.31 bits per heavy atom. The normalized spacial score (nSPS) is 13.3. The molecule has 0 fully saturated rings. The first-order valence-corrected chi connectivity index (χ1v) is 12.9. The Morgan fingerprint density at radius 1 is 1.06 bits per heavy atom. The molecule has 1 unspecified atom stereocenters. The molecule has 3 rings (SSSR count). The van der Waals surface area contributed by atoms with E-state index in [2.05, 4.69) is 5.32 Å². The average Bonchev–Trinajstić information content (AvgIpc) is 3.27. The quantitative estimate of drug-likeness (QED) is 0.526. The maximum atomic E-state index is 13.5. The Morgan fingerprint density at radius 2 is 1.71 bits per heavy atom. The summed E-state index contributed by atoms with van der Waals surface area (Å²) < 4.78 is 42.1. The molecule has 0 bridgehead atoms. The predicted molar refractivity (Wildman–Crippen MR) is 131 cm³/mol. The molecular formula is C24H31N3O7S. The van der Waals surface area contributed by atoms with Crippen LogP contribution in [0.5, 0.6) is 17.2 Å². The summed E-state index contributed by atoms with van der Waals surface area (Å²) in [6, 6.07) is 10.8. The largest absolute Gasteiger partial charge is 0.497 e. The van der Waals surface area contributed by atoms with E-state index in [4.69, 9.17) is 14.2 Å². The highest BCUT2D eigenvalue weighted by atomic mass is 32.2. The standard InChI is InChI=1S/C24H31N3O7S/c1-16(2)25-24(29)17(3)26(13-18-6-9-20(32-4)10-7-18)23(28)14-27(35(5,30)31)19-8-11-21-22(12-19)34-15-33-21/h6-12,16-17H,13-15H2,1-5H3,(H,25,29). The molecule has 10 nitrogen and oxygen atoms in total. The molecule has 0 spiro atoms.